The smallest absolute Gasteiger partial charge is 0.333 e. The zero-order chi connectivity index (χ0) is 13.0. The van der Waals surface area contributed by atoms with Gasteiger partial charge < -0.3 is 4.74 Å². The predicted octanol–water partition coefficient (Wildman–Crippen LogP) is 0.876. The van der Waals surface area contributed by atoms with Gasteiger partial charge in [0.05, 0.1) is 10.4 Å². The predicted molar refractivity (Wildman–Crippen MR) is 70.6 cm³/mol. The van der Waals surface area contributed by atoms with Gasteiger partial charge in [-0.3, -0.25) is 13.9 Å². The fourth-order valence-corrected chi connectivity index (χ4v) is 3.90. The van der Waals surface area contributed by atoms with Crippen molar-refractivity contribution in [1.82, 2.24) is 9.13 Å². The Kier molecular flexibility index (Phi) is 2.66. The lowest BCUT2D eigenvalue weighted by atomic mass is 9.81. The molecule has 1 aromatic rings. The van der Waals surface area contributed by atoms with Crippen LogP contribution in [0, 0.1) is 0 Å². The minimum atomic E-state index is -0.329. The van der Waals surface area contributed by atoms with Crippen molar-refractivity contribution in [3.05, 3.63) is 26.4 Å². The molecule has 18 heavy (non-hydrogen) atoms. The van der Waals surface area contributed by atoms with Gasteiger partial charge >= 0.3 is 5.69 Å². The summed E-state index contributed by atoms with van der Waals surface area (Å²) < 4.78 is 8.47. The number of hydrogen-bond donors (Lipinski definition) is 0. The molecule has 1 fully saturated rings. The van der Waals surface area contributed by atoms with Crippen molar-refractivity contribution in [2.24, 2.45) is 14.1 Å². The van der Waals surface area contributed by atoms with Crippen LogP contribution in [0.3, 0.4) is 0 Å². The van der Waals surface area contributed by atoms with E-state index in [2.05, 4.69) is 15.9 Å². The Morgan fingerprint density at radius 1 is 1.22 bits per heavy atom. The van der Waals surface area contributed by atoms with Crippen molar-refractivity contribution in [3.8, 4) is 5.88 Å². The fourth-order valence-electron chi connectivity index (χ4n) is 3.00. The summed E-state index contributed by atoms with van der Waals surface area (Å²) in [5, 5.41) is 0. The van der Waals surface area contributed by atoms with Crippen molar-refractivity contribution in [3.63, 3.8) is 0 Å². The number of alkyl halides is 1. The van der Waals surface area contributed by atoms with Gasteiger partial charge in [0.1, 0.15) is 6.10 Å². The SMILES string of the molecule is Cn1c2c(c(=O)n(C)c1=O)[C@@H]1CCC[C@H](O2)[C@H]1Br. The second-order valence-electron chi connectivity index (χ2n) is 5.06. The molecule has 1 saturated carbocycles. The molecular formula is C12H15BrN2O3. The van der Waals surface area contributed by atoms with Crippen LogP contribution in [0.5, 0.6) is 5.88 Å². The Labute approximate surface area is 113 Å². The first kappa shape index (κ1) is 12.0. The van der Waals surface area contributed by atoms with Gasteiger partial charge in [-0.05, 0) is 19.3 Å². The molecule has 98 valence electrons. The van der Waals surface area contributed by atoms with Crippen molar-refractivity contribution in [2.75, 3.05) is 0 Å². The molecule has 2 bridgehead atoms. The molecule has 0 aromatic carbocycles. The zero-order valence-corrected chi connectivity index (χ0v) is 11.9. The summed E-state index contributed by atoms with van der Waals surface area (Å²) in [4.78, 5) is 24.3. The van der Waals surface area contributed by atoms with Crippen LogP contribution in [0.1, 0.15) is 30.7 Å². The highest BCUT2D eigenvalue weighted by Crippen LogP contribution is 2.44. The second kappa shape index (κ2) is 3.98. The van der Waals surface area contributed by atoms with E-state index in [4.69, 9.17) is 4.74 Å². The summed E-state index contributed by atoms with van der Waals surface area (Å²) in [5.74, 6) is 0.617. The maximum Gasteiger partial charge on any atom is 0.333 e. The molecule has 1 aromatic heterocycles. The maximum absolute atomic E-state index is 12.3. The largest absolute Gasteiger partial charge is 0.474 e. The Morgan fingerprint density at radius 2 is 1.94 bits per heavy atom. The average Bonchev–Trinajstić information content (AvgIpc) is 2.34. The monoisotopic (exact) mass is 314 g/mol. The standard InChI is InChI=1S/C12H15BrN2O3/c1-14-10(16)8-6-4-3-5-7(9(6)13)18-11(8)15(2)12(14)17/h6-7,9H,3-5H2,1-2H3/t6-,7-,9-/m0/s1. The number of aromatic nitrogens is 2. The van der Waals surface area contributed by atoms with Crippen LogP contribution in [-0.2, 0) is 14.1 Å². The third-order valence-electron chi connectivity index (χ3n) is 4.02. The van der Waals surface area contributed by atoms with Gasteiger partial charge in [0.2, 0.25) is 5.88 Å². The molecule has 2 aliphatic rings. The lowest BCUT2D eigenvalue weighted by Gasteiger charge is -2.40. The first-order valence-electron chi connectivity index (χ1n) is 6.13. The maximum atomic E-state index is 12.3. The summed E-state index contributed by atoms with van der Waals surface area (Å²) in [6.45, 7) is 0. The highest BCUT2D eigenvalue weighted by atomic mass is 79.9. The quantitative estimate of drug-likeness (QED) is 0.668. The van der Waals surface area contributed by atoms with Gasteiger partial charge in [-0.25, -0.2) is 4.79 Å². The Morgan fingerprint density at radius 3 is 2.67 bits per heavy atom. The number of nitrogens with zero attached hydrogens (tertiary/aromatic N) is 2. The van der Waals surface area contributed by atoms with Crippen molar-refractivity contribution in [2.45, 2.75) is 36.1 Å². The number of rotatable bonds is 0. The first-order chi connectivity index (χ1) is 8.52. The molecule has 3 rings (SSSR count). The molecule has 0 N–H and O–H groups in total. The van der Waals surface area contributed by atoms with E-state index in [1.807, 2.05) is 0 Å². The normalized spacial score (nSPS) is 29.6. The molecule has 2 heterocycles. The highest BCUT2D eigenvalue weighted by Gasteiger charge is 2.42. The molecule has 0 spiro atoms. The van der Waals surface area contributed by atoms with Crippen LogP contribution in [0.25, 0.3) is 0 Å². The molecule has 0 amide bonds. The van der Waals surface area contributed by atoms with Crippen LogP contribution in [0.2, 0.25) is 0 Å². The van der Waals surface area contributed by atoms with Gasteiger partial charge in [-0.15, -0.1) is 0 Å². The molecule has 5 nitrogen and oxygen atoms in total. The number of halogens is 1. The van der Waals surface area contributed by atoms with E-state index >= 15 is 0 Å². The summed E-state index contributed by atoms with van der Waals surface area (Å²) in [6.07, 6.45) is 3.06. The molecular weight excluding hydrogens is 300 g/mol. The third kappa shape index (κ3) is 1.44. The van der Waals surface area contributed by atoms with E-state index in [9.17, 15) is 9.59 Å². The van der Waals surface area contributed by atoms with Gasteiger partial charge in [-0.1, -0.05) is 15.9 Å². The van der Waals surface area contributed by atoms with Crippen LogP contribution in [-0.4, -0.2) is 20.1 Å². The zero-order valence-electron chi connectivity index (χ0n) is 10.4. The molecule has 1 aliphatic carbocycles. The second-order valence-corrected chi connectivity index (χ2v) is 6.12. The van der Waals surface area contributed by atoms with Gasteiger partial charge in [0.25, 0.3) is 5.56 Å². The first-order valence-corrected chi connectivity index (χ1v) is 7.04. The molecule has 1 aliphatic heterocycles. The van der Waals surface area contributed by atoms with Crippen molar-refractivity contribution in [1.29, 1.82) is 0 Å². The summed E-state index contributed by atoms with van der Waals surface area (Å²) in [7, 11) is 3.17. The van der Waals surface area contributed by atoms with Crippen LogP contribution in [0.4, 0.5) is 0 Å². The van der Waals surface area contributed by atoms with Gasteiger partial charge in [0, 0.05) is 20.0 Å². The van der Waals surface area contributed by atoms with E-state index in [1.165, 1.54) is 11.6 Å². The fraction of sp³-hybridized carbons (Fsp3) is 0.667. The topological polar surface area (TPSA) is 53.2 Å². The average molecular weight is 315 g/mol. The van der Waals surface area contributed by atoms with E-state index in [0.29, 0.717) is 11.4 Å². The van der Waals surface area contributed by atoms with E-state index in [-0.39, 0.29) is 28.1 Å². The van der Waals surface area contributed by atoms with E-state index in [1.54, 1.807) is 7.05 Å². The highest BCUT2D eigenvalue weighted by molar-refractivity contribution is 9.09. The number of fused-ring (bicyclic) bond motifs is 4. The Balaban J connectivity index is 2.33. The minimum Gasteiger partial charge on any atom is -0.474 e. The van der Waals surface area contributed by atoms with Crippen LogP contribution < -0.4 is 16.0 Å². The number of hydrogen-bond acceptors (Lipinski definition) is 3. The Bertz CT molecular complexity index is 619. The summed E-state index contributed by atoms with van der Waals surface area (Å²) in [6, 6.07) is 0. The summed E-state index contributed by atoms with van der Waals surface area (Å²) >= 11 is 3.64. The van der Waals surface area contributed by atoms with Gasteiger partial charge in [0.15, 0.2) is 0 Å². The Hall–Kier alpha value is -1.04. The lowest BCUT2D eigenvalue weighted by molar-refractivity contribution is 0.113. The minimum absolute atomic E-state index is 0.0638. The molecule has 0 unspecified atom stereocenters. The number of ether oxygens (including phenoxy) is 1. The van der Waals surface area contributed by atoms with Crippen LogP contribution in [0.15, 0.2) is 9.59 Å². The molecule has 6 heteroatoms. The van der Waals surface area contributed by atoms with Crippen molar-refractivity contribution < 1.29 is 4.74 Å². The van der Waals surface area contributed by atoms with Gasteiger partial charge in [-0.2, -0.15) is 0 Å². The van der Waals surface area contributed by atoms with E-state index in [0.717, 1.165) is 23.8 Å². The molecule has 3 atom stereocenters. The van der Waals surface area contributed by atoms with E-state index < -0.39 is 0 Å². The van der Waals surface area contributed by atoms with Crippen LogP contribution >= 0.6 is 15.9 Å². The third-order valence-corrected chi connectivity index (χ3v) is 5.25. The van der Waals surface area contributed by atoms with Crippen molar-refractivity contribution >= 4 is 15.9 Å². The molecule has 0 saturated heterocycles. The molecule has 0 radical (unpaired) electrons. The summed E-state index contributed by atoms with van der Waals surface area (Å²) in [5.41, 5.74) is 0.102. The lowest BCUT2D eigenvalue weighted by Crippen LogP contribution is -2.49.